The van der Waals surface area contributed by atoms with Crippen molar-refractivity contribution in [3.8, 4) is 5.75 Å². The van der Waals surface area contributed by atoms with E-state index >= 15 is 0 Å². The van der Waals surface area contributed by atoms with Gasteiger partial charge in [-0.1, -0.05) is 19.4 Å². The molecular weight excluding hydrogens is 264 g/mol. The lowest BCUT2D eigenvalue weighted by atomic mass is 10.0. The third-order valence-electron chi connectivity index (χ3n) is 4.02. The molecule has 21 heavy (non-hydrogen) atoms. The summed E-state index contributed by atoms with van der Waals surface area (Å²) >= 11 is 0. The Labute approximate surface area is 127 Å². The summed E-state index contributed by atoms with van der Waals surface area (Å²) in [6, 6.07) is 5.62. The van der Waals surface area contributed by atoms with Crippen molar-refractivity contribution < 1.29 is 9.90 Å². The molecule has 1 aromatic rings. The molecule has 116 valence electrons. The van der Waals surface area contributed by atoms with Gasteiger partial charge in [-0.15, -0.1) is 0 Å². The van der Waals surface area contributed by atoms with Gasteiger partial charge in [0.15, 0.2) is 0 Å². The van der Waals surface area contributed by atoms with E-state index in [0.717, 1.165) is 38.0 Å². The Morgan fingerprint density at radius 1 is 1.43 bits per heavy atom. The van der Waals surface area contributed by atoms with Gasteiger partial charge in [-0.05, 0) is 50.4 Å². The minimum Gasteiger partial charge on any atom is -0.507 e. The minimum absolute atomic E-state index is 0.0678. The molecule has 0 spiro atoms. The molecule has 0 radical (unpaired) electrons. The van der Waals surface area contributed by atoms with Gasteiger partial charge in [0.2, 0.25) is 0 Å². The number of carbonyl (C=O) groups is 1. The number of phenolic OH excluding ortho intramolecular Hbond substituents is 1. The van der Waals surface area contributed by atoms with E-state index in [1.165, 1.54) is 12.8 Å². The second kappa shape index (κ2) is 7.46. The van der Waals surface area contributed by atoms with Crippen LogP contribution in [0.5, 0.6) is 5.75 Å². The number of hydrogen-bond acceptors (Lipinski definition) is 3. The number of phenols is 1. The third kappa shape index (κ3) is 4.21. The number of benzene rings is 1. The van der Waals surface area contributed by atoms with Crippen LogP contribution >= 0.6 is 0 Å². The van der Waals surface area contributed by atoms with Crippen molar-refractivity contribution in [3.63, 3.8) is 0 Å². The number of nitrogens with one attached hydrogen (secondary N) is 1. The van der Waals surface area contributed by atoms with Crippen LogP contribution in [0.1, 0.15) is 48.5 Å². The topological polar surface area (TPSA) is 52.6 Å². The molecule has 0 bridgehead atoms. The summed E-state index contributed by atoms with van der Waals surface area (Å²) in [5.74, 6) is 0.0134. The fourth-order valence-corrected chi connectivity index (χ4v) is 2.88. The quantitative estimate of drug-likeness (QED) is 0.876. The Bertz CT molecular complexity index is 482. The SMILES string of the molecule is CCCN(CC1CCCCN1)C(=O)c1ccc(C)cc1O. The summed E-state index contributed by atoms with van der Waals surface area (Å²) in [4.78, 5) is 14.5. The molecule has 1 heterocycles. The zero-order valence-corrected chi connectivity index (χ0v) is 13.1. The summed E-state index contributed by atoms with van der Waals surface area (Å²) in [6.07, 6.45) is 4.48. The molecule has 0 saturated carbocycles. The highest BCUT2D eigenvalue weighted by Crippen LogP contribution is 2.21. The predicted molar refractivity (Wildman–Crippen MR) is 84.7 cm³/mol. The molecule has 1 aromatic carbocycles. The summed E-state index contributed by atoms with van der Waals surface area (Å²) < 4.78 is 0. The van der Waals surface area contributed by atoms with Crippen LogP contribution in [0, 0.1) is 6.92 Å². The van der Waals surface area contributed by atoms with Crippen molar-refractivity contribution in [1.82, 2.24) is 10.2 Å². The van der Waals surface area contributed by atoms with Gasteiger partial charge in [0, 0.05) is 19.1 Å². The van der Waals surface area contributed by atoms with Gasteiger partial charge in [-0.2, -0.15) is 0 Å². The molecule has 2 rings (SSSR count). The Balaban J connectivity index is 2.10. The van der Waals surface area contributed by atoms with Crippen molar-refractivity contribution in [2.75, 3.05) is 19.6 Å². The van der Waals surface area contributed by atoms with E-state index in [-0.39, 0.29) is 11.7 Å². The van der Waals surface area contributed by atoms with Crippen molar-refractivity contribution >= 4 is 5.91 Å². The van der Waals surface area contributed by atoms with Crippen LogP contribution in [0.15, 0.2) is 18.2 Å². The van der Waals surface area contributed by atoms with E-state index < -0.39 is 0 Å². The van der Waals surface area contributed by atoms with E-state index in [9.17, 15) is 9.90 Å². The van der Waals surface area contributed by atoms with E-state index in [4.69, 9.17) is 0 Å². The molecule has 2 N–H and O–H groups in total. The van der Waals surface area contributed by atoms with Crippen LogP contribution in [0.3, 0.4) is 0 Å². The zero-order chi connectivity index (χ0) is 15.2. The summed E-state index contributed by atoms with van der Waals surface area (Å²) in [5, 5.41) is 13.5. The van der Waals surface area contributed by atoms with E-state index in [2.05, 4.69) is 12.2 Å². The van der Waals surface area contributed by atoms with Crippen molar-refractivity contribution in [3.05, 3.63) is 29.3 Å². The van der Waals surface area contributed by atoms with Crippen LogP contribution in [0.4, 0.5) is 0 Å². The number of rotatable bonds is 5. The number of hydrogen-bond donors (Lipinski definition) is 2. The molecule has 1 fully saturated rings. The monoisotopic (exact) mass is 290 g/mol. The standard InChI is InChI=1S/C17H26N2O2/c1-3-10-19(12-14-6-4-5-9-18-14)17(21)15-8-7-13(2)11-16(15)20/h7-8,11,14,18,20H,3-6,9-10,12H2,1-2H3. The first-order chi connectivity index (χ1) is 10.1. The molecule has 4 heteroatoms. The number of piperidine rings is 1. The molecule has 0 aliphatic carbocycles. The lowest BCUT2D eigenvalue weighted by Crippen LogP contribution is -2.46. The van der Waals surface area contributed by atoms with Gasteiger partial charge in [-0.25, -0.2) is 0 Å². The van der Waals surface area contributed by atoms with Gasteiger partial charge in [0.1, 0.15) is 5.75 Å². The fourth-order valence-electron chi connectivity index (χ4n) is 2.88. The number of nitrogens with zero attached hydrogens (tertiary/aromatic N) is 1. The first-order valence-corrected chi connectivity index (χ1v) is 7.94. The van der Waals surface area contributed by atoms with E-state index in [1.807, 2.05) is 17.9 Å². The average Bonchev–Trinajstić information content (AvgIpc) is 2.47. The Kier molecular flexibility index (Phi) is 5.62. The maximum atomic E-state index is 12.7. The number of aryl methyl sites for hydroxylation is 1. The van der Waals surface area contributed by atoms with Crippen LogP contribution in [-0.2, 0) is 0 Å². The van der Waals surface area contributed by atoms with Gasteiger partial charge in [0.25, 0.3) is 5.91 Å². The van der Waals surface area contributed by atoms with Gasteiger partial charge < -0.3 is 15.3 Å². The number of carbonyl (C=O) groups excluding carboxylic acids is 1. The minimum atomic E-state index is -0.0678. The maximum Gasteiger partial charge on any atom is 0.257 e. The summed E-state index contributed by atoms with van der Waals surface area (Å²) in [6.45, 7) is 6.46. The van der Waals surface area contributed by atoms with E-state index in [0.29, 0.717) is 11.6 Å². The van der Waals surface area contributed by atoms with Gasteiger partial charge in [-0.3, -0.25) is 4.79 Å². The first-order valence-electron chi connectivity index (χ1n) is 7.94. The molecule has 4 nitrogen and oxygen atoms in total. The lowest BCUT2D eigenvalue weighted by Gasteiger charge is -2.30. The molecule has 1 amide bonds. The molecule has 1 saturated heterocycles. The fraction of sp³-hybridized carbons (Fsp3) is 0.588. The molecule has 1 unspecified atom stereocenters. The number of aromatic hydroxyl groups is 1. The molecule has 1 aliphatic heterocycles. The first kappa shape index (κ1) is 15.8. The predicted octanol–water partition coefficient (Wildman–Crippen LogP) is 2.69. The van der Waals surface area contributed by atoms with Crippen molar-refractivity contribution in [1.29, 1.82) is 0 Å². The normalized spacial score (nSPS) is 18.5. The third-order valence-corrected chi connectivity index (χ3v) is 4.02. The number of amides is 1. The lowest BCUT2D eigenvalue weighted by molar-refractivity contribution is 0.0728. The Morgan fingerprint density at radius 3 is 2.86 bits per heavy atom. The van der Waals surface area contributed by atoms with Gasteiger partial charge in [0.05, 0.1) is 5.56 Å². The molecule has 1 atom stereocenters. The van der Waals surface area contributed by atoms with Crippen LogP contribution in [0.25, 0.3) is 0 Å². The maximum absolute atomic E-state index is 12.7. The van der Waals surface area contributed by atoms with Crippen LogP contribution in [0.2, 0.25) is 0 Å². The van der Waals surface area contributed by atoms with E-state index in [1.54, 1.807) is 12.1 Å². The molecular formula is C17H26N2O2. The highest BCUT2D eigenvalue weighted by atomic mass is 16.3. The Morgan fingerprint density at radius 2 is 2.24 bits per heavy atom. The summed E-state index contributed by atoms with van der Waals surface area (Å²) in [5.41, 5.74) is 1.37. The second-order valence-electron chi connectivity index (χ2n) is 5.92. The average molecular weight is 290 g/mol. The smallest absolute Gasteiger partial charge is 0.257 e. The van der Waals surface area contributed by atoms with Crippen LogP contribution < -0.4 is 5.32 Å². The molecule has 1 aliphatic rings. The largest absolute Gasteiger partial charge is 0.507 e. The summed E-state index contributed by atoms with van der Waals surface area (Å²) in [7, 11) is 0. The molecule has 0 aromatic heterocycles. The Hall–Kier alpha value is -1.55. The van der Waals surface area contributed by atoms with Crippen LogP contribution in [-0.4, -0.2) is 41.6 Å². The highest BCUT2D eigenvalue weighted by molar-refractivity contribution is 5.96. The highest BCUT2D eigenvalue weighted by Gasteiger charge is 2.22. The van der Waals surface area contributed by atoms with Crippen molar-refractivity contribution in [2.24, 2.45) is 0 Å². The second-order valence-corrected chi connectivity index (χ2v) is 5.92. The van der Waals surface area contributed by atoms with Gasteiger partial charge >= 0.3 is 0 Å². The van der Waals surface area contributed by atoms with Crippen molar-refractivity contribution in [2.45, 2.75) is 45.6 Å². The zero-order valence-electron chi connectivity index (χ0n) is 13.1.